The number of nitrogens with one attached hydrogen (secondary N) is 1. The minimum atomic E-state index is -1.28. The SMILES string of the molecule is O=C(N[C@@H](COCc1ccccc1)C(=O)O)c1cc(-c2ccc(Cl)c(Cl)c2)nc(N2CCN(c3ccccc3)CC2)n1. The van der Waals surface area contributed by atoms with Gasteiger partial charge in [0.05, 0.1) is 29.0 Å². The maximum absolute atomic E-state index is 13.4. The standard InChI is InChI=1S/C31H29Cl2N5O4/c32-24-12-11-22(17-25(24)33)26-18-27(29(39)34-28(30(40)41)20-42-19-21-7-3-1-4-8-21)36-31(35-26)38-15-13-37(14-16-38)23-9-5-2-6-10-23/h1-12,17-18,28H,13-16,19-20H2,(H,34,39)(H,40,41)/t28-/m0/s1. The lowest BCUT2D eigenvalue weighted by molar-refractivity contribution is -0.141. The Morgan fingerprint density at radius 2 is 1.52 bits per heavy atom. The molecule has 1 amide bonds. The highest BCUT2D eigenvalue weighted by Crippen LogP contribution is 2.29. The van der Waals surface area contributed by atoms with Crippen LogP contribution < -0.4 is 15.1 Å². The van der Waals surface area contributed by atoms with Gasteiger partial charge in [-0.05, 0) is 35.9 Å². The number of ether oxygens (including phenoxy) is 1. The van der Waals surface area contributed by atoms with Gasteiger partial charge < -0.3 is 25.0 Å². The lowest BCUT2D eigenvalue weighted by atomic mass is 10.1. The van der Waals surface area contributed by atoms with E-state index < -0.39 is 17.9 Å². The first-order valence-electron chi connectivity index (χ1n) is 13.4. The van der Waals surface area contributed by atoms with Gasteiger partial charge in [0.2, 0.25) is 5.95 Å². The minimum Gasteiger partial charge on any atom is -0.480 e. The van der Waals surface area contributed by atoms with Crippen molar-refractivity contribution in [1.82, 2.24) is 15.3 Å². The van der Waals surface area contributed by atoms with Crippen molar-refractivity contribution in [2.24, 2.45) is 0 Å². The monoisotopic (exact) mass is 605 g/mol. The Labute approximate surface area is 253 Å². The second-order valence-corrected chi connectivity index (χ2v) is 10.6. The summed E-state index contributed by atoms with van der Waals surface area (Å²) in [6.07, 6.45) is 0. The van der Waals surface area contributed by atoms with Crippen LogP contribution in [0.3, 0.4) is 0 Å². The first-order valence-corrected chi connectivity index (χ1v) is 14.2. The van der Waals surface area contributed by atoms with Crippen LogP contribution in [-0.4, -0.2) is 65.8 Å². The van der Waals surface area contributed by atoms with Crippen molar-refractivity contribution < 1.29 is 19.4 Å². The van der Waals surface area contributed by atoms with Crippen molar-refractivity contribution in [3.63, 3.8) is 0 Å². The van der Waals surface area contributed by atoms with Crippen LogP contribution in [0, 0.1) is 0 Å². The molecule has 5 rings (SSSR count). The zero-order valence-electron chi connectivity index (χ0n) is 22.6. The molecule has 1 aliphatic rings. The van der Waals surface area contributed by atoms with E-state index in [0.717, 1.165) is 24.3 Å². The Morgan fingerprint density at radius 1 is 0.857 bits per heavy atom. The molecule has 1 saturated heterocycles. The summed E-state index contributed by atoms with van der Waals surface area (Å²) in [7, 11) is 0. The molecule has 2 heterocycles. The summed E-state index contributed by atoms with van der Waals surface area (Å²) in [6.45, 7) is 2.75. The van der Waals surface area contributed by atoms with E-state index >= 15 is 0 Å². The van der Waals surface area contributed by atoms with Crippen molar-refractivity contribution in [2.45, 2.75) is 12.6 Å². The molecule has 2 N–H and O–H groups in total. The molecule has 3 aromatic carbocycles. The Morgan fingerprint density at radius 3 is 2.19 bits per heavy atom. The Bertz CT molecular complexity index is 1530. The van der Waals surface area contributed by atoms with Gasteiger partial charge in [-0.25, -0.2) is 14.8 Å². The number of nitrogens with zero attached hydrogens (tertiary/aromatic N) is 4. The number of anilines is 2. The molecule has 0 spiro atoms. The van der Waals surface area contributed by atoms with Gasteiger partial charge in [0.15, 0.2) is 6.04 Å². The van der Waals surface area contributed by atoms with Gasteiger partial charge in [-0.1, -0.05) is 77.8 Å². The minimum absolute atomic E-state index is 0.0286. The van der Waals surface area contributed by atoms with Crippen LogP contribution in [0.5, 0.6) is 0 Å². The lowest BCUT2D eigenvalue weighted by Gasteiger charge is -2.36. The molecule has 0 saturated carbocycles. The molecule has 0 unspecified atom stereocenters. The molecule has 0 aliphatic carbocycles. The van der Waals surface area contributed by atoms with E-state index in [1.807, 2.05) is 53.4 Å². The fourth-order valence-corrected chi connectivity index (χ4v) is 4.87. The molecule has 42 heavy (non-hydrogen) atoms. The summed E-state index contributed by atoms with van der Waals surface area (Å²) in [6, 6.07) is 24.8. The third-order valence-electron chi connectivity index (χ3n) is 6.85. The highest BCUT2D eigenvalue weighted by Gasteiger charge is 2.25. The third-order valence-corrected chi connectivity index (χ3v) is 7.58. The summed E-state index contributed by atoms with van der Waals surface area (Å²) < 4.78 is 5.59. The smallest absolute Gasteiger partial charge is 0.328 e. The number of halogens is 2. The summed E-state index contributed by atoms with van der Waals surface area (Å²) in [5, 5.41) is 13.1. The zero-order chi connectivity index (χ0) is 29.5. The number of hydrogen-bond donors (Lipinski definition) is 2. The summed E-state index contributed by atoms with van der Waals surface area (Å²) in [5.74, 6) is -1.50. The number of amides is 1. The number of para-hydroxylation sites is 1. The fraction of sp³-hybridized carbons (Fsp3) is 0.226. The number of carboxylic acids is 1. The number of aromatic nitrogens is 2. The molecular weight excluding hydrogens is 577 g/mol. The number of carbonyl (C=O) groups is 2. The van der Waals surface area contributed by atoms with Crippen molar-refractivity contribution in [3.8, 4) is 11.3 Å². The molecule has 216 valence electrons. The van der Waals surface area contributed by atoms with Crippen molar-refractivity contribution in [2.75, 3.05) is 42.6 Å². The first kappa shape index (κ1) is 29.3. The second-order valence-electron chi connectivity index (χ2n) is 9.74. The van der Waals surface area contributed by atoms with Gasteiger partial charge >= 0.3 is 5.97 Å². The van der Waals surface area contributed by atoms with Gasteiger partial charge in [0, 0.05) is 37.4 Å². The third kappa shape index (κ3) is 7.36. The summed E-state index contributed by atoms with van der Waals surface area (Å²) >= 11 is 12.4. The molecule has 0 bridgehead atoms. The van der Waals surface area contributed by atoms with Crippen LogP contribution in [0.2, 0.25) is 10.0 Å². The lowest BCUT2D eigenvalue weighted by Crippen LogP contribution is -2.47. The summed E-state index contributed by atoms with van der Waals surface area (Å²) in [5.41, 5.74) is 3.16. The van der Waals surface area contributed by atoms with Gasteiger partial charge in [-0.2, -0.15) is 0 Å². The van der Waals surface area contributed by atoms with Crippen LogP contribution in [0.4, 0.5) is 11.6 Å². The highest BCUT2D eigenvalue weighted by molar-refractivity contribution is 6.42. The predicted octanol–water partition coefficient (Wildman–Crippen LogP) is 5.18. The van der Waals surface area contributed by atoms with E-state index in [4.69, 9.17) is 32.9 Å². The average molecular weight is 607 g/mol. The fourth-order valence-electron chi connectivity index (χ4n) is 4.57. The normalized spacial score (nSPS) is 14.0. The van der Waals surface area contributed by atoms with Gasteiger partial charge in [0.25, 0.3) is 5.91 Å². The van der Waals surface area contributed by atoms with E-state index in [0.29, 0.717) is 40.3 Å². The molecule has 1 aromatic heterocycles. The van der Waals surface area contributed by atoms with E-state index in [-0.39, 0.29) is 18.9 Å². The Hall–Kier alpha value is -4.18. The van der Waals surface area contributed by atoms with E-state index in [1.165, 1.54) is 6.07 Å². The number of aliphatic carboxylic acids is 1. The van der Waals surface area contributed by atoms with Crippen LogP contribution in [0.1, 0.15) is 16.1 Å². The number of carbonyl (C=O) groups excluding carboxylic acids is 1. The second kappa shape index (κ2) is 13.7. The van der Waals surface area contributed by atoms with E-state index in [9.17, 15) is 14.7 Å². The molecule has 0 radical (unpaired) electrons. The Kier molecular flexibility index (Phi) is 9.53. The number of hydrogen-bond acceptors (Lipinski definition) is 7. The molecule has 9 nitrogen and oxygen atoms in total. The quantitative estimate of drug-likeness (QED) is 0.255. The van der Waals surface area contributed by atoms with E-state index in [2.05, 4.69) is 27.3 Å². The maximum atomic E-state index is 13.4. The molecule has 11 heteroatoms. The molecule has 1 fully saturated rings. The Balaban J connectivity index is 1.36. The van der Waals surface area contributed by atoms with Gasteiger partial charge in [-0.3, -0.25) is 4.79 Å². The van der Waals surface area contributed by atoms with Crippen molar-refractivity contribution in [1.29, 1.82) is 0 Å². The highest BCUT2D eigenvalue weighted by atomic mass is 35.5. The molecule has 1 atom stereocenters. The first-order chi connectivity index (χ1) is 20.4. The van der Waals surface area contributed by atoms with Crippen LogP contribution >= 0.6 is 23.2 Å². The molecular formula is C31H29Cl2N5O4. The average Bonchev–Trinajstić information content (AvgIpc) is 3.02. The largest absolute Gasteiger partial charge is 0.480 e. The number of rotatable bonds is 10. The number of piperazine rings is 1. The number of carboxylic acid groups (broad SMARTS) is 1. The topological polar surface area (TPSA) is 108 Å². The molecule has 4 aromatic rings. The number of benzene rings is 3. The van der Waals surface area contributed by atoms with Crippen LogP contribution in [-0.2, 0) is 16.1 Å². The summed E-state index contributed by atoms with van der Waals surface area (Å²) in [4.78, 5) is 38.9. The van der Waals surface area contributed by atoms with Crippen molar-refractivity contribution >= 4 is 46.7 Å². The van der Waals surface area contributed by atoms with Gasteiger partial charge in [0.1, 0.15) is 5.69 Å². The van der Waals surface area contributed by atoms with E-state index in [1.54, 1.807) is 18.2 Å². The van der Waals surface area contributed by atoms with Gasteiger partial charge in [-0.15, -0.1) is 0 Å². The zero-order valence-corrected chi connectivity index (χ0v) is 24.1. The van der Waals surface area contributed by atoms with Crippen LogP contribution in [0.15, 0.2) is 84.9 Å². The van der Waals surface area contributed by atoms with Crippen molar-refractivity contribution in [3.05, 3.63) is 106 Å². The predicted molar refractivity (Wildman–Crippen MR) is 163 cm³/mol. The maximum Gasteiger partial charge on any atom is 0.328 e. The van der Waals surface area contributed by atoms with Crippen LogP contribution in [0.25, 0.3) is 11.3 Å². The molecule has 1 aliphatic heterocycles.